The first kappa shape index (κ1) is 14.4. The Hall–Kier alpha value is -0.540. The maximum atomic E-state index is 3.78. The van der Waals surface area contributed by atoms with Crippen molar-refractivity contribution >= 4 is 21.6 Å². The third kappa shape index (κ3) is 2.89. The number of halogens is 1. The molecular formula is C17H25BrN2. The van der Waals surface area contributed by atoms with Crippen LogP contribution in [-0.2, 0) is 0 Å². The Balaban J connectivity index is 1.85. The zero-order valence-corrected chi connectivity index (χ0v) is 14.3. The molecule has 1 aliphatic carbocycles. The molecule has 3 rings (SSSR count). The van der Waals surface area contributed by atoms with Gasteiger partial charge in [-0.05, 0) is 49.3 Å². The molecule has 2 aliphatic rings. The lowest BCUT2D eigenvalue weighted by Gasteiger charge is -2.44. The molecule has 2 atom stereocenters. The van der Waals surface area contributed by atoms with Gasteiger partial charge in [-0.3, -0.25) is 0 Å². The third-order valence-electron chi connectivity index (χ3n) is 4.83. The summed E-state index contributed by atoms with van der Waals surface area (Å²) >= 11 is 3.68. The molecule has 0 bridgehead atoms. The van der Waals surface area contributed by atoms with Gasteiger partial charge in [-0.2, -0.15) is 0 Å². The lowest BCUT2D eigenvalue weighted by atomic mass is 9.96. The second-order valence-corrected chi connectivity index (χ2v) is 7.60. The SMILES string of the molecule is Cc1ccc(N2CC(C3CC3)NCC2C(C)C)cc1Br. The monoisotopic (exact) mass is 336 g/mol. The van der Waals surface area contributed by atoms with Crippen LogP contribution in [0.2, 0.25) is 0 Å². The molecule has 1 saturated carbocycles. The van der Waals surface area contributed by atoms with Gasteiger partial charge in [0.1, 0.15) is 0 Å². The number of nitrogens with zero attached hydrogens (tertiary/aromatic N) is 1. The molecule has 3 heteroatoms. The molecule has 1 saturated heterocycles. The Labute approximate surface area is 131 Å². The van der Waals surface area contributed by atoms with Gasteiger partial charge < -0.3 is 10.2 Å². The Morgan fingerprint density at radius 1 is 1.30 bits per heavy atom. The van der Waals surface area contributed by atoms with Gasteiger partial charge >= 0.3 is 0 Å². The van der Waals surface area contributed by atoms with E-state index in [9.17, 15) is 0 Å². The molecule has 2 nitrogen and oxygen atoms in total. The Bertz CT molecular complexity index is 482. The molecule has 1 aromatic rings. The standard InChI is InChI=1S/C17H25BrN2/c1-11(2)17-9-19-16(13-5-6-13)10-20(17)14-7-4-12(3)15(18)8-14/h4,7-8,11,13,16-17,19H,5-6,9-10H2,1-3H3. The number of piperazine rings is 1. The largest absolute Gasteiger partial charge is 0.365 e. The van der Waals surface area contributed by atoms with Gasteiger partial charge in [0.15, 0.2) is 0 Å². The van der Waals surface area contributed by atoms with Gasteiger partial charge in [-0.15, -0.1) is 0 Å². The van der Waals surface area contributed by atoms with Crippen LogP contribution in [0, 0.1) is 18.8 Å². The van der Waals surface area contributed by atoms with Crippen molar-refractivity contribution in [1.29, 1.82) is 0 Å². The van der Waals surface area contributed by atoms with Crippen LogP contribution in [0.3, 0.4) is 0 Å². The summed E-state index contributed by atoms with van der Waals surface area (Å²) in [5, 5.41) is 3.78. The van der Waals surface area contributed by atoms with E-state index in [1.165, 1.54) is 28.6 Å². The molecule has 1 aliphatic heterocycles. The van der Waals surface area contributed by atoms with Crippen molar-refractivity contribution < 1.29 is 0 Å². The third-order valence-corrected chi connectivity index (χ3v) is 5.68. The van der Waals surface area contributed by atoms with Gasteiger partial charge in [0.2, 0.25) is 0 Å². The summed E-state index contributed by atoms with van der Waals surface area (Å²) in [5.74, 6) is 1.59. The van der Waals surface area contributed by atoms with Crippen molar-refractivity contribution in [2.45, 2.75) is 45.7 Å². The zero-order valence-electron chi connectivity index (χ0n) is 12.7. The van der Waals surface area contributed by atoms with Crippen molar-refractivity contribution in [2.24, 2.45) is 11.8 Å². The fourth-order valence-electron chi connectivity index (χ4n) is 3.26. The first-order chi connectivity index (χ1) is 9.56. The van der Waals surface area contributed by atoms with Crippen molar-refractivity contribution in [3.63, 3.8) is 0 Å². The predicted molar refractivity (Wildman–Crippen MR) is 89.4 cm³/mol. The van der Waals surface area contributed by atoms with Crippen molar-refractivity contribution in [3.8, 4) is 0 Å². The van der Waals surface area contributed by atoms with E-state index in [0.29, 0.717) is 18.0 Å². The lowest BCUT2D eigenvalue weighted by Crippen LogP contribution is -2.59. The predicted octanol–water partition coefficient (Wildman–Crippen LogP) is 3.97. The molecule has 20 heavy (non-hydrogen) atoms. The Morgan fingerprint density at radius 2 is 2.05 bits per heavy atom. The van der Waals surface area contributed by atoms with Crippen LogP contribution in [0.5, 0.6) is 0 Å². The van der Waals surface area contributed by atoms with Gasteiger partial charge in [0.25, 0.3) is 0 Å². The summed E-state index contributed by atoms with van der Waals surface area (Å²) in [6.45, 7) is 9.09. The van der Waals surface area contributed by atoms with E-state index in [1.807, 2.05) is 0 Å². The van der Waals surface area contributed by atoms with E-state index in [0.717, 1.165) is 19.0 Å². The van der Waals surface area contributed by atoms with Crippen molar-refractivity contribution in [3.05, 3.63) is 28.2 Å². The average molecular weight is 337 g/mol. The summed E-state index contributed by atoms with van der Waals surface area (Å²) in [4.78, 5) is 2.63. The number of hydrogen-bond donors (Lipinski definition) is 1. The average Bonchev–Trinajstić information content (AvgIpc) is 3.25. The Kier molecular flexibility index (Phi) is 4.09. The van der Waals surface area contributed by atoms with Crippen molar-refractivity contribution in [2.75, 3.05) is 18.0 Å². The maximum Gasteiger partial charge on any atom is 0.0438 e. The molecule has 110 valence electrons. The highest BCUT2D eigenvalue weighted by molar-refractivity contribution is 9.10. The highest BCUT2D eigenvalue weighted by Crippen LogP contribution is 2.36. The van der Waals surface area contributed by atoms with Crippen LogP contribution in [-0.4, -0.2) is 25.2 Å². The molecule has 1 heterocycles. The molecule has 0 aromatic heterocycles. The molecule has 2 unspecified atom stereocenters. The molecule has 2 fully saturated rings. The highest BCUT2D eigenvalue weighted by atomic mass is 79.9. The summed E-state index contributed by atoms with van der Waals surface area (Å²) < 4.78 is 1.22. The van der Waals surface area contributed by atoms with Crippen LogP contribution in [0.15, 0.2) is 22.7 Å². The van der Waals surface area contributed by atoms with E-state index in [-0.39, 0.29) is 0 Å². The van der Waals surface area contributed by atoms with Crippen LogP contribution in [0.4, 0.5) is 5.69 Å². The van der Waals surface area contributed by atoms with E-state index in [4.69, 9.17) is 0 Å². The number of benzene rings is 1. The summed E-state index contributed by atoms with van der Waals surface area (Å²) in [6.07, 6.45) is 2.82. The second kappa shape index (κ2) is 5.69. The fraction of sp³-hybridized carbons (Fsp3) is 0.647. The summed E-state index contributed by atoms with van der Waals surface area (Å²) in [5.41, 5.74) is 2.68. The minimum Gasteiger partial charge on any atom is -0.365 e. The number of hydrogen-bond acceptors (Lipinski definition) is 2. The smallest absolute Gasteiger partial charge is 0.0438 e. The Morgan fingerprint density at radius 3 is 2.65 bits per heavy atom. The molecule has 1 N–H and O–H groups in total. The van der Waals surface area contributed by atoms with E-state index in [1.54, 1.807) is 0 Å². The topological polar surface area (TPSA) is 15.3 Å². The van der Waals surface area contributed by atoms with Gasteiger partial charge in [-0.1, -0.05) is 35.8 Å². The minimum absolute atomic E-state index is 0.597. The van der Waals surface area contributed by atoms with E-state index in [2.05, 4.69) is 65.1 Å². The summed E-state index contributed by atoms with van der Waals surface area (Å²) in [6, 6.07) is 8.08. The van der Waals surface area contributed by atoms with Gasteiger partial charge in [0.05, 0.1) is 0 Å². The fourth-order valence-corrected chi connectivity index (χ4v) is 3.63. The first-order valence-corrected chi connectivity index (χ1v) is 8.61. The van der Waals surface area contributed by atoms with Gasteiger partial charge in [-0.25, -0.2) is 0 Å². The molecule has 0 spiro atoms. The zero-order chi connectivity index (χ0) is 14.3. The van der Waals surface area contributed by atoms with Crippen LogP contribution >= 0.6 is 15.9 Å². The molecule has 0 amide bonds. The van der Waals surface area contributed by atoms with Crippen LogP contribution in [0.25, 0.3) is 0 Å². The maximum absolute atomic E-state index is 3.78. The van der Waals surface area contributed by atoms with Crippen LogP contribution < -0.4 is 10.2 Å². The normalized spacial score (nSPS) is 27.1. The van der Waals surface area contributed by atoms with Gasteiger partial charge in [0, 0.05) is 35.3 Å². The number of aryl methyl sites for hydroxylation is 1. The number of nitrogens with one attached hydrogen (secondary N) is 1. The van der Waals surface area contributed by atoms with Crippen LogP contribution in [0.1, 0.15) is 32.3 Å². The highest BCUT2D eigenvalue weighted by Gasteiger charge is 2.38. The first-order valence-electron chi connectivity index (χ1n) is 7.82. The van der Waals surface area contributed by atoms with E-state index >= 15 is 0 Å². The molecule has 1 aromatic carbocycles. The van der Waals surface area contributed by atoms with Crippen molar-refractivity contribution in [1.82, 2.24) is 5.32 Å². The number of anilines is 1. The van der Waals surface area contributed by atoms with E-state index < -0.39 is 0 Å². The second-order valence-electron chi connectivity index (χ2n) is 6.75. The number of rotatable bonds is 3. The molecule has 0 radical (unpaired) electrons. The minimum atomic E-state index is 0.597. The summed E-state index contributed by atoms with van der Waals surface area (Å²) in [7, 11) is 0. The quantitative estimate of drug-likeness (QED) is 0.898. The lowest BCUT2D eigenvalue weighted by molar-refractivity contribution is 0.320. The molecular weight excluding hydrogens is 312 g/mol.